The zero-order valence-electron chi connectivity index (χ0n) is 13.9. The highest BCUT2D eigenvalue weighted by atomic mass is 32.1. The molecule has 0 aromatic carbocycles. The molecule has 1 amide bonds. The number of aliphatic hydroxyl groups is 1. The topological polar surface area (TPSA) is 65.9 Å². The molecule has 3 rings (SSSR count). The molecule has 1 aromatic rings. The summed E-state index contributed by atoms with van der Waals surface area (Å²) in [4.78, 5) is 21.8. The molecule has 2 aliphatic heterocycles. The zero-order chi connectivity index (χ0) is 16.4. The fourth-order valence-corrected chi connectivity index (χ4v) is 4.30. The van der Waals surface area contributed by atoms with Crippen molar-refractivity contribution in [3.05, 3.63) is 15.6 Å². The zero-order valence-corrected chi connectivity index (χ0v) is 14.7. The van der Waals surface area contributed by atoms with Crippen LogP contribution in [0.3, 0.4) is 0 Å². The van der Waals surface area contributed by atoms with Crippen molar-refractivity contribution >= 4 is 17.2 Å². The van der Waals surface area contributed by atoms with E-state index in [9.17, 15) is 9.90 Å². The van der Waals surface area contributed by atoms with E-state index >= 15 is 0 Å². The summed E-state index contributed by atoms with van der Waals surface area (Å²) in [5.41, 5.74) is -0.227. The predicted octanol–water partition coefficient (Wildman–Crippen LogP) is 1.06. The number of nitrogens with zero attached hydrogens (tertiary/aromatic N) is 3. The number of likely N-dealkylation sites (tertiary alicyclic amines) is 1. The Bertz CT molecular complexity index is 571. The van der Waals surface area contributed by atoms with Gasteiger partial charge in [-0.25, -0.2) is 4.98 Å². The Morgan fingerprint density at radius 3 is 2.74 bits per heavy atom. The molecule has 2 aliphatic rings. The Balaban J connectivity index is 1.73. The molecule has 0 unspecified atom stereocenters. The van der Waals surface area contributed by atoms with Gasteiger partial charge in [0.2, 0.25) is 0 Å². The Morgan fingerprint density at radius 1 is 1.35 bits per heavy atom. The van der Waals surface area contributed by atoms with E-state index in [1.165, 1.54) is 24.2 Å². The molecule has 1 N–H and O–H groups in total. The van der Waals surface area contributed by atoms with Gasteiger partial charge in [0.15, 0.2) is 0 Å². The van der Waals surface area contributed by atoms with E-state index in [4.69, 9.17) is 4.74 Å². The number of carbonyl (C=O) groups excluding carboxylic acids is 1. The van der Waals surface area contributed by atoms with E-state index in [0.717, 1.165) is 23.8 Å². The lowest BCUT2D eigenvalue weighted by atomic mass is 10.0. The van der Waals surface area contributed by atoms with Crippen molar-refractivity contribution in [1.82, 2.24) is 14.8 Å². The first-order valence-corrected chi connectivity index (χ1v) is 9.04. The SMILES string of the molecule is Cc1nc(C)c(C(=O)N2CCOC[C@@](O)(CN3CCCC3)C2)s1. The van der Waals surface area contributed by atoms with E-state index in [0.29, 0.717) is 31.1 Å². The third kappa shape index (κ3) is 3.91. The second kappa shape index (κ2) is 6.84. The number of amides is 1. The van der Waals surface area contributed by atoms with Crippen LogP contribution >= 0.6 is 11.3 Å². The van der Waals surface area contributed by atoms with Crippen LogP contribution in [0.5, 0.6) is 0 Å². The molecule has 0 spiro atoms. The van der Waals surface area contributed by atoms with Crippen molar-refractivity contribution in [2.24, 2.45) is 0 Å². The van der Waals surface area contributed by atoms with Crippen molar-refractivity contribution < 1.29 is 14.6 Å². The first kappa shape index (κ1) is 16.8. The van der Waals surface area contributed by atoms with Gasteiger partial charge >= 0.3 is 0 Å². The molecule has 7 heteroatoms. The van der Waals surface area contributed by atoms with Crippen LogP contribution in [0.2, 0.25) is 0 Å². The quantitative estimate of drug-likeness (QED) is 0.892. The molecule has 3 heterocycles. The Kier molecular flexibility index (Phi) is 5.01. The van der Waals surface area contributed by atoms with Crippen LogP contribution in [0, 0.1) is 13.8 Å². The molecule has 2 fully saturated rings. The number of thiazole rings is 1. The normalized spacial score (nSPS) is 26.5. The van der Waals surface area contributed by atoms with Crippen molar-refractivity contribution in [3.63, 3.8) is 0 Å². The van der Waals surface area contributed by atoms with Gasteiger partial charge in [-0.15, -0.1) is 11.3 Å². The van der Waals surface area contributed by atoms with E-state index in [1.807, 2.05) is 13.8 Å². The number of β-amino-alcohol motifs (C(OH)–C–C–N with tert-alkyl or cyclic N) is 1. The molecule has 2 saturated heterocycles. The highest BCUT2D eigenvalue weighted by Gasteiger charge is 2.37. The maximum Gasteiger partial charge on any atom is 0.266 e. The Hall–Kier alpha value is -1.02. The highest BCUT2D eigenvalue weighted by molar-refractivity contribution is 7.13. The molecule has 6 nitrogen and oxygen atoms in total. The number of rotatable bonds is 3. The molecule has 1 atom stereocenters. The molecule has 0 bridgehead atoms. The standard InChI is InChI=1S/C16H25N3O3S/c1-12-14(23-13(2)17-12)15(20)19-7-8-22-11-16(21,10-19)9-18-5-3-4-6-18/h21H,3-11H2,1-2H3/t16-/m1/s1. The van der Waals surface area contributed by atoms with Gasteiger partial charge in [0, 0.05) is 13.1 Å². The smallest absolute Gasteiger partial charge is 0.266 e. The molecule has 128 valence electrons. The summed E-state index contributed by atoms with van der Waals surface area (Å²) < 4.78 is 5.59. The number of aryl methyl sites for hydroxylation is 2. The Morgan fingerprint density at radius 2 is 2.09 bits per heavy atom. The van der Waals surface area contributed by atoms with Crippen molar-refractivity contribution in [1.29, 1.82) is 0 Å². The monoisotopic (exact) mass is 339 g/mol. The maximum absolute atomic E-state index is 12.8. The minimum atomic E-state index is -0.996. The number of carbonyl (C=O) groups is 1. The van der Waals surface area contributed by atoms with E-state index in [-0.39, 0.29) is 12.5 Å². The highest BCUT2D eigenvalue weighted by Crippen LogP contribution is 2.23. The predicted molar refractivity (Wildman–Crippen MR) is 88.9 cm³/mol. The first-order valence-electron chi connectivity index (χ1n) is 8.23. The van der Waals surface area contributed by atoms with Crippen LogP contribution in [0.25, 0.3) is 0 Å². The molecule has 1 aromatic heterocycles. The minimum Gasteiger partial charge on any atom is -0.384 e. The van der Waals surface area contributed by atoms with Gasteiger partial charge in [-0.1, -0.05) is 0 Å². The lowest BCUT2D eigenvalue weighted by Gasteiger charge is -2.33. The summed E-state index contributed by atoms with van der Waals surface area (Å²) in [6.45, 7) is 7.95. The summed E-state index contributed by atoms with van der Waals surface area (Å²) in [5.74, 6) is -0.0431. The van der Waals surface area contributed by atoms with Crippen LogP contribution in [0.1, 0.15) is 33.2 Å². The van der Waals surface area contributed by atoms with Gasteiger partial charge in [-0.3, -0.25) is 4.79 Å². The molecule has 0 saturated carbocycles. The largest absolute Gasteiger partial charge is 0.384 e. The fourth-order valence-electron chi connectivity index (χ4n) is 3.42. The van der Waals surface area contributed by atoms with E-state index in [2.05, 4.69) is 9.88 Å². The first-order chi connectivity index (χ1) is 11.0. The summed E-state index contributed by atoms with van der Waals surface area (Å²) in [6.07, 6.45) is 2.36. The fraction of sp³-hybridized carbons (Fsp3) is 0.750. The third-order valence-corrected chi connectivity index (χ3v) is 5.52. The van der Waals surface area contributed by atoms with Gasteiger partial charge < -0.3 is 19.6 Å². The summed E-state index contributed by atoms with van der Waals surface area (Å²) >= 11 is 1.42. The molecule has 0 radical (unpaired) electrons. The summed E-state index contributed by atoms with van der Waals surface area (Å²) in [5, 5.41) is 11.9. The van der Waals surface area contributed by atoms with Crippen LogP contribution in [0.15, 0.2) is 0 Å². The number of aromatic nitrogens is 1. The number of hydrogen-bond donors (Lipinski definition) is 1. The molecule has 0 aliphatic carbocycles. The van der Waals surface area contributed by atoms with E-state index in [1.54, 1.807) is 4.90 Å². The average Bonchev–Trinajstić information content (AvgIpc) is 3.05. The van der Waals surface area contributed by atoms with Crippen LogP contribution < -0.4 is 0 Å². The van der Waals surface area contributed by atoms with Crippen molar-refractivity contribution in [3.8, 4) is 0 Å². The summed E-state index contributed by atoms with van der Waals surface area (Å²) in [6, 6.07) is 0. The Labute approximate surface area is 141 Å². The van der Waals surface area contributed by atoms with E-state index < -0.39 is 5.60 Å². The second-order valence-corrected chi connectivity index (χ2v) is 7.84. The summed E-state index contributed by atoms with van der Waals surface area (Å²) in [7, 11) is 0. The third-order valence-electron chi connectivity index (χ3n) is 4.46. The number of ether oxygens (including phenoxy) is 1. The van der Waals surface area contributed by atoms with Gasteiger partial charge in [-0.2, -0.15) is 0 Å². The minimum absolute atomic E-state index is 0.0431. The average molecular weight is 339 g/mol. The second-order valence-electron chi connectivity index (χ2n) is 6.63. The van der Waals surface area contributed by atoms with Crippen LogP contribution in [0.4, 0.5) is 0 Å². The van der Waals surface area contributed by atoms with Gasteiger partial charge in [-0.05, 0) is 39.8 Å². The van der Waals surface area contributed by atoms with Gasteiger partial charge in [0.1, 0.15) is 10.5 Å². The lowest BCUT2D eigenvalue weighted by Crippen LogP contribution is -2.53. The van der Waals surface area contributed by atoms with Crippen molar-refractivity contribution in [2.75, 3.05) is 45.9 Å². The molecule has 23 heavy (non-hydrogen) atoms. The maximum atomic E-state index is 12.8. The molecular formula is C16H25N3O3S. The molecular weight excluding hydrogens is 314 g/mol. The number of hydrogen-bond acceptors (Lipinski definition) is 6. The van der Waals surface area contributed by atoms with Gasteiger partial charge in [0.05, 0.1) is 30.5 Å². The van der Waals surface area contributed by atoms with Crippen LogP contribution in [-0.2, 0) is 4.74 Å². The van der Waals surface area contributed by atoms with Gasteiger partial charge in [0.25, 0.3) is 5.91 Å². The lowest BCUT2D eigenvalue weighted by molar-refractivity contribution is -0.0524. The van der Waals surface area contributed by atoms with Crippen molar-refractivity contribution in [2.45, 2.75) is 32.3 Å². The van der Waals surface area contributed by atoms with Crippen LogP contribution in [-0.4, -0.2) is 77.3 Å².